The van der Waals surface area contributed by atoms with Gasteiger partial charge in [0.2, 0.25) is 10.0 Å². The van der Waals surface area contributed by atoms with Gasteiger partial charge in [-0.15, -0.1) is 12.4 Å². The predicted molar refractivity (Wildman–Crippen MR) is 92.0 cm³/mol. The third-order valence-corrected chi connectivity index (χ3v) is 5.99. The monoisotopic (exact) mass is 375 g/mol. The first-order chi connectivity index (χ1) is 11.1. The number of carbonyl (C=O) groups excluding carboxylic acids is 1. The van der Waals surface area contributed by atoms with E-state index < -0.39 is 10.0 Å². The van der Waals surface area contributed by atoms with Crippen LogP contribution in [0.15, 0.2) is 29.2 Å². The Bertz CT molecular complexity index is 671. The van der Waals surface area contributed by atoms with Gasteiger partial charge in [-0.3, -0.25) is 4.79 Å². The molecule has 2 fully saturated rings. The van der Waals surface area contributed by atoms with Gasteiger partial charge in [0.15, 0.2) is 0 Å². The molecule has 2 saturated heterocycles. The lowest BCUT2D eigenvalue weighted by atomic mass is 10.2. The minimum atomic E-state index is -3.58. The van der Waals surface area contributed by atoms with Crippen LogP contribution in [0.5, 0.6) is 0 Å². The smallest absolute Gasteiger partial charge is 0.251 e. The Morgan fingerprint density at radius 3 is 2.71 bits per heavy atom. The minimum absolute atomic E-state index is 0. The van der Waals surface area contributed by atoms with Crippen LogP contribution in [-0.2, 0) is 14.8 Å². The fourth-order valence-electron chi connectivity index (χ4n) is 2.78. The highest BCUT2D eigenvalue weighted by Gasteiger charge is 2.27. The standard InChI is InChI=1S/C15H21N3O4S.ClH/c19-15(17-13-4-5-16-11-13)12-2-1-3-14(10-12)23(20,21)18-6-8-22-9-7-18;/h1-3,10,13,16H,4-9,11H2,(H,17,19);1H. The van der Waals surface area contributed by atoms with E-state index in [1.165, 1.54) is 16.4 Å². The second-order valence-electron chi connectivity index (χ2n) is 5.71. The Kier molecular flexibility index (Phi) is 6.59. The Labute approximate surface area is 148 Å². The van der Waals surface area contributed by atoms with Crippen LogP contribution in [0.1, 0.15) is 16.8 Å². The largest absolute Gasteiger partial charge is 0.379 e. The number of hydrogen-bond acceptors (Lipinski definition) is 5. The summed E-state index contributed by atoms with van der Waals surface area (Å²) in [5.74, 6) is -0.238. The number of carbonyl (C=O) groups is 1. The van der Waals surface area contributed by atoms with Gasteiger partial charge in [-0.2, -0.15) is 4.31 Å². The van der Waals surface area contributed by atoms with Gasteiger partial charge in [-0.05, 0) is 31.2 Å². The van der Waals surface area contributed by atoms with Crippen LogP contribution in [0.2, 0.25) is 0 Å². The number of ether oxygens (including phenoxy) is 1. The molecule has 1 atom stereocenters. The first-order valence-electron chi connectivity index (χ1n) is 7.77. The molecule has 2 aliphatic heterocycles. The van der Waals surface area contributed by atoms with E-state index in [0.29, 0.717) is 31.9 Å². The number of rotatable bonds is 4. The Hall–Kier alpha value is -1.19. The van der Waals surface area contributed by atoms with Gasteiger partial charge >= 0.3 is 0 Å². The number of nitrogens with one attached hydrogen (secondary N) is 2. The molecule has 0 spiro atoms. The van der Waals surface area contributed by atoms with Crippen molar-refractivity contribution in [3.8, 4) is 0 Å². The maximum absolute atomic E-state index is 12.6. The van der Waals surface area contributed by atoms with E-state index in [0.717, 1.165) is 19.5 Å². The number of amides is 1. The van der Waals surface area contributed by atoms with E-state index in [-0.39, 0.29) is 29.3 Å². The zero-order chi connectivity index (χ0) is 16.3. The van der Waals surface area contributed by atoms with E-state index in [1.807, 2.05) is 0 Å². The van der Waals surface area contributed by atoms with Crippen molar-refractivity contribution < 1.29 is 17.9 Å². The number of nitrogens with zero attached hydrogens (tertiary/aromatic N) is 1. The van der Waals surface area contributed by atoms with Crippen molar-refractivity contribution in [2.45, 2.75) is 17.4 Å². The summed E-state index contributed by atoms with van der Waals surface area (Å²) in [5, 5.41) is 6.10. The molecule has 1 unspecified atom stereocenters. The topological polar surface area (TPSA) is 87.7 Å². The number of halogens is 1. The molecule has 2 heterocycles. The molecule has 9 heteroatoms. The second kappa shape index (κ2) is 8.26. The highest BCUT2D eigenvalue weighted by atomic mass is 35.5. The van der Waals surface area contributed by atoms with Gasteiger partial charge in [-0.25, -0.2) is 8.42 Å². The molecular weight excluding hydrogens is 354 g/mol. The number of morpholine rings is 1. The summed E-state index contributed by atoms with van der Waals surface area (Å²) in [7, 11) is -3.58. The van der Waals surface area contributed by atoms with Gasteiger partial charge in [-0.1, -0.05) is 6.07 Å². The molecule has 0 aliphatic carbocycles. The molecule has 7 nitrogen and oxygen atoms in total. The van der Waals surface area contributed by atoms with Gasteiger partial charge in [0, 0.05) is 31.2 Å². The fourth-order valence-corrected chi connectivity index (χ4v) is 4.23. The van der Waals surface area contributed by atoms with Crippen molar-refractivity contribution >= 4 is 28.3 Å². The Balaban J connectivity index is 0.00000208. The molecule has 134 valence electrons. The average Bonchev–Trinajstić information content (AvgIpc) is 3.09. The Morgan fingerprint density at radius 2 is 2.04 bits per heavy atom. The lowest BCUT2D eigenvalue weighted by Crippen LogP contribution is -2.40. The maximum Gasteiger partial charge on any atom is 0.251 e. The molecule has 3 rings (SSSR count). The fraction of sp³-hybridized carbons (Fsp3) is 0.533. The van der Waals surface area contributed by atoms with Crippen LogP contribution in [-0.4, -0.2) is 64.1 Å². The number of benzene rings is 1. The zero-order valence-corrected chi connectivity index (χ0v) is 14.9. The lowest BCUT2D eigenvalue weighted by Gasteiger charge is -2.26. The van der Waals surface area contributed by atoms with Crippen LogP contribution in [0.3, 0.4) is 0 Å². The molecule has 0 bridgehead atoms. The first-order valence-corrected chi connectivity index (χ1v) is 9.21. The molecule has 0 aromatic heterocycles. The maximum atomic E-state index is 12.6. The van der Waals surface area contributed by atoms with Gasteiger partial charge in [0.05, 0.1) is 18.1 Å². The van der Waals surface area contributed by atoms with Crippen LogP contribution in [0.4, 0.5) is 0 Å². The molecule has 2 N–H and O–H groups in total. The summed E-state index contributed by atoms with van der Waals surface area (Å²) in [4.78, 5) is 12.4. The summed E-state index contributed by atoms with van der Waals surface area (Å²) in [6.45, 7) is 3.11. The predicted octanol–water partition coefficient (Wildman–Crippen LogP) is 0.221. The van der Waals surface area contributed by atoms with Crippen LogP contribution in [0.25, 0.3) is 0 Å². The van der Waals surface area contributed by atoms with Crippen molar-refractivity contribution in [1.29, 1.82) is 0 Å². The molecule has 1 amide bonds. The third kappa shape index (κ3) is 4.25. The van der Waals surface area contributed by atoms with Crippen molar-refractivity contribution in [1.82, 2.24) is 14.9 Å². The first kappa shape index (κ1) is 19.1. The summed E-state index contributed by atoms with van der Waals surface area (Å²) >= 11 is 0. The van der Waals surface area contributed by atoms with Gasteiger partial charge in [0.25, 0.3) is 5.91 Å². The summed E-state index contributed by atoms with van der Waals surface area (Å²) in [6.07, 6.45) is 0.886. The van der Waals surface area contributed by atoms with Crippen molar-refractivity contribution in [3.05, 3.63) is 29.8 Å². The summed E-state index contributed by atoms with van der Waals surface area (Å²) in [6, 6.07) is 6.31. The minimum Gasteiger partial charge on any atom is -0.379 e. The molecule has 0 radical (unpaired) electrons. The molecule has 2 aliphatic rings. The lowest BCUT2D eigenvalue weighted by molar-refractivity contribution is 0.0730. The highest BCUT2D eigenvalue weighted by molar-refractivity contribution is 7.89. The van der Waals surface area contributed by atoms with Gasteiger partial charge < -0.3 is 15.4 Å². The van der Waals surface area contributed by atoms with Crippen LogP contribution in [0, 0.1) is 0 Å². The normalized spacial score (nSPS) is 21.9. The van der Waals surface area contributed by atoms with Crippen molar-refractivity contribution in [2.24, 2.45) is 0 Å². The quantitative estimate of drug-likeness (QED) is 0.786. The summed E-state index contributed by atoms with van der Waals surface area (Å²) in [5.41, 5.74) is 0.367. The summed E-state index contributed by atoms with van der Waals surface area (Å²) < 4.78 is 31.9. The Morgan fingerprint density at radius 1 is 1.29 bits per heavy atom. The zero-order valence-electron chi connectivity index (χ0n) is 13.2. The van der Waals surface area contributed by atoms with Gasteiger partial charge in [0.1, 0.15) is 0 Å². The molecule has 24 heavy (non-hydrogen) atoms. The van der Waals surface area contributed by atoms with E-state index in [2.05, 4.69) is 10.6 Å². The SMILES string of the molecule is Cl.O=C(NC1CCNC1)c1cccc(S(=O)(=O)N2CCOCC2)c1. The van der Waals surface area contributed by atoms with Crippen molar-refractivity contribution in [3.63, 3.8) is 0 Å². The molecule has 1 aromatic rings. The van der Waals surface area contributed by atoms with Crippen LogP contribution >= 0.6 is 12.4 Å². The van der Waals surface area contributed by atoms with Crippen molar-refractivity contribution in [2.75, 3.05) is 39.4 Å². The highest BCUT2D eigenvalue weighted by Crippen LogP contribution is 2.18. The van der Waals surface area contributed by atoms with E-state index in [9.17, 15) is 13.2 Å². The van der Waals surface area contributed by atoms with Crippen LogP contribution < -0.4 is 10.6 Å². The third-order valence-electron chi connectivity index (χ3n) is 4.10. The van der Waals surface area contributed by atoms with E-state index in [4.69, 9.17) is 4.74 Å². The molecule has 1 aromatic carbocycles. The second-order valence-corrected chi connectivity index (χ2v) is 7.65. The van der Waals surface area contributed by atoms with E-state index >= 15 is 0 Å². The average molecular weight is 376 g/mol. The number of hydrogen-bond donors (Lipinski definition) is 2. The molecule has 0 saturated carbocycles. The number of sulfonamides is 1. The molecular formula is C15H22ClN3O4S. The van der Waals surface area contributed by atoms with E-state index in [1.54, 1.807) is 12.1 Å².